The van der Waals surface area contributed by atoms with Crippen molar-refractivity contribution in [1.29, 1.82) is 0 Å². The van der Waals surface area contributed by atoms with E-state index in [1.54, 1.807) is 0 Å². The normalized spacial score (nSPS) is 11.3. The van der Waals surface area contributed by atoms with Crippen LogP contribution >= 0.6 is 0 Å². The van der Waals surface area contributed by atoms with Crippen LogP contribution in [0.3, 0.4) is 0 Å². The predicted molar refractivity (Wildman–Crippen MR) is 253 cm³/mol. The number of para-hydroxylation sites is 2. The molecule has 0 unspecified atom stereocenters. The molecule has 1 aromatic heterocycles. The maximum atomic E-state index is 6.38. The third-order valence-corrected chi connectivity index (χ3v) is 11.7. The highest BCUT2D eigenvalue weighted by Crippen LogP contribution is 2.45. The lowest BCUT2D eigenvalue weighted by Gasteiger charge is -2.28. The second kappa shape index (κ2) is 15.1. The Bertz CT molecular complexity index is 3290. The Morgan fingerprint density at radius 3 is 1.48 bits per heavy atom. The molecule has 0 aliphatic heterocycles. The van der Waals surface area contributed by atoms with Gasteiger partial charge in [-0.05, 0) is 109 Å². The van der Waals surface area contributed by atoms with Gasteiger partial charge in [0.25, 0.3) is 0 Å². The van der Waals surface area contributed by atoms with E-state index in [0.29, 0.717) is 0 Å². The molecule has 0 atom stereocenters. The summed E-state index contributed by atoms with van der Waals surface area (Å²) in [5, 5.41) is 4.72. The van der Waals surface area contributed by atoms with Crippen molar-refractivity contribution in [2.75, 3.05) is 4.90 Å². The van der Waals surface area contributed by atoms with Crippen molar-refractivity contribution in [3.8, 4) is 55.6 Å². The first-order valence-electron chi connectivity index (χ1n) is 20.5. The van der Waals surface area contributed by atoms with Crippen molar-refractivity contribution >= 4 is 49.8 Å². The van der Waals surface area contributed by atoms with Crippen LogP contribution in [-0.4, -0.2) is 0 Å². The summed E-state index contributed by atoms with van der Waals surface area (Å²) in [5.41, 5.74) is 16.8. The quantitative estimate of drug-likeness (QED) is 0.153. The molecule has 60 heavy (non-hydrogen) atoms. The van der Waals surface area contributed by atoms with E-state index in [9.17, 15) is 0 Å². The Balaban J connectivity index is 1.02. The summed E-state index contributed by atoms with van der Waals surface area (Å²) in [6, 6.07) is 84.9. The molecule has 2 nitrogen and oxygen atoms in total. The third-order valence-electron chi connectivity index (χ3n) is 11.7. The smallest absolute Gasteiger partial charge is 0.136 e. The molecule has 0 bridgehead atoms. The Labute approximate surface area is 349 Å². The van der Waals surface area contributed by atoms with Crippen LogP contribution in [0, 0.1) is 0 Å². The minimum Gasteiger partial charge on any atom is -0.456 e. The molecule has 0 N–H and O–H groups in total. The minimum absolute atomic E-state index is 0.882. The van der Waals surface area contributed by atoms with Gasteiger partial charge in [-0.3, -0.25) is 0 Å². The second-order valence-corrected chi connectivity index (χ2v) is 15.3. The summed E-state index contributed by atoms with van der Waals surface area (Å²) in [5.74, 6) is 0. The lowest BCUT2D eigenvalue weighted by Crippen LogP contribution is -2.11. The minimum atomic E-state index is 0.882. The number of hydrogen-bond acceptors (Lipinski definition) is 2. The molecule has 0 spiro atoms. The average Bonchev–Trinajstić information content (AvgIpc) is 3.72. The lowest BCUT2D eigenvalue weighted by molar-refractivity contribution is 0.669. The van der Waals surface area contributed by atoms with E-state index in [-0.39, 0.29) is 0 Å². The maximum absolute atomic E-state index is 6.38. The first-order chi connectivity index (χ1) is 29.7. The molecule has 282 valence electrons. The van der Waals surface area contributed by atoms with Crippen LogP contribution in [0.1, 0.15) is 0 Å². The number of hydrogen-bond donors (Lipinski definition) is 0. The van der Waals surface area contributed by atoms with Crippen LogP contribution in [0.25, 0.3) is 88.3 Å². The highest BCUT2D eigenvalue weighted by molar-refractivity contribution is 6.14. The Morgan fingerprint density at radius 1 is 0.283 bits per heavy atom. The van der Waals surface area contributed by atoms with Crippen LogP contribution in [0.15, 0.2) is 241 Å². The fourth-order valence-electron chi connectivity index (χ4n) is 8.74. The van der Waals surface area contributed by atoms with E-state index in [2.05, 4.69) is 229 Å². The van der Waals surface area contributed by atoms with Crippen LogP contribution in [0.4, 0.5) is 17.1 Å². The molecule has 0 aliphatic carbocycles. The van der Waals surface area contributed by atoms with Gasteiger partial charge in [0.15, 0.2) is 0 Å². The molecule has 0 saturated heterocycles. The predicted octanol–water partition coefficient (Wildman–Crippen LogP) is 16.5. The zero-order chi connectivity index (χ0) is 39.8. The van der Waals surface area contributed by atoms with Gasteiger partial charge < -0.3 is 9.32 Å². The van der Waals surface area contributed by atoms with Crippen molar-refractivity contribution in [3.63, 3.8) is 0 Å². The lowest BCUT2D eigenvalue weighted by atomic mass is 9.93. The number of fused-ring (bicyclic) bond motifs is 4. The Hall–Kier alpha value is -7.94. The Kier molecular flexibility index (Phi) is 8.87. The van der Waals surface area contributed by atoms with Crippen molar-refractivity contribution < 1.29 is 4.42 Å². The molecule has 0 amide bonds. The van der Waals surface area contributed by atoms with Crippen LogP contribution < -0.4 is 4.90 Å². The highest BCUT2D eigenvalue weighted by Gasteiger charge is 2.21. The van der Waals surface area contributed by atoms with E-state index >= 15 is 0 Å². The zero-order valence-corrected chi connectivity index (χ0v) is 32.9. The Morgan fingerprint density at radius 2 is 0.767 bits per heavy atom. The van der Waals surface area contributed by atoms with Crippen molar-refractivity contribution in [3.05, 3.63) is 237 Å². The molecule has 1 heterocycles. The van der Waals surface area contributed by atoms with Crippen LogP contribution in [0.2, 0.25) is 0 Å². The third kappa shape index (κ3) is 6.41. The second-order valence-electron chi connectivity index (χ2n) is 15.3. The number of furan rings is 1. The molecule has 11 rings (SSSR count). The van der Waals surface area contributed by atoms with Gasteiger partial charge >= 0.3 is 0 Å². The van der Waals surface area contributed by atoms with Crippen LogP contribution in [-0.2, 0) is 0 Å². The zero-order valence-electron chi connectivity index (χ0n) is 32.9. The monoisotopic (exact) mass is 765 g/mol. The van der Waals surface area contributed by atoms with E-state index < -0.39 is 0 Å². The molecule has 11 aromatic rings. The van der Waals surface area contributed by atoms with Crippen molar-refractivity contribution in [2.24, 2.45) is 0 Å². The molecular weight excluding hydrogens is 727 g/mol. The largest absolute Gasteiger partial charge is 0.456 e. The SMILES string of the molecule is c1ccc(-c2ccc(-c3ccc(N(c4ccc(-c5ccccc5-c5ccc6ccccc6c5)cc4)c4ccccc4-c4cccc5oc6ccccc6c45)cc3)cc2)cc1. The van der Waals surface area contributed by atoms with Gasteiger partial charge in [-0.25, -0.2) is 0 Å². The van der Waals surface area contributed by atoms with Gasteiger partial charge in [-0.1, -0.05) is 188 Å². The average molecular weight is 766 g/mol. The number of anilines is 3. The standard InChI is InChI=1S/C58H39NO/c1-2-13-40(14-3-1)42-25-27-43(28-26-42)44-31-35-48(36-32-44)59(55-22-10-8-19-52(55)53-21-12-24-57-58(53)54-20-9-11-23-56(54)60-57)49-37-33-45(34-38-49)50-17-6-7-18-51(50)47-30-29-41-15-4-5-16-46(41)39-47/h1-39H. The molecule has 10 aromatic carbocycles. The molecule has 0 saturated carbocycles. The van der Waals surface area contributed by atoms with Gasteiger partial charge in [0, 0.05) is 27.7 Å². The maximum Gasteiger partial charge on any atom is 0.136 e. The number of benzene rings is 10. The highest BCUT2D eigenvalue weighted by atomic mass is 16.3. The molecular formula is C58H39NO. The van der Waals surface area contributed by atoms with Gasteiger partial charge in [-0.15, -0.1) is 0 Å². The van der Waals surface area contributed by atoms with E-state index in [1.807, 2.05) is 12.1 Å². The van der Waals surface area contributed by atoms with Crippen molar-refractivity contribution in [2.45, 2.75) is 0 Å². The summed E-state index contributed by atoms with van der Waals surface area (Å²) in [6.45, 7) is 0. The molecule has 2 heteroatoms. The van der Waals surface area contributed by atoms with Crippen LogP contribution in [0.5, 0.6) is 0 Å². The van der Waals surface area contributed by atoms with Crippen molar-refractivity contribution in [1.82, 2.24) is 0 Å². The number of nitrogens with zero attached hydrogens (tertiary/aromatic N) is 1. The van der Waals surface area contributed by atoms with E-state index in [1.165, 1.54) is 55.3 Å². The fourth-order valence-corrected chi connectivity index (χ4v) is 8.74. The van der Waals surface area contributed by atoms with Gasteiger partial charge in [0.05, 0.1) is 5.69 Å². The first-order valence-corrected chi connectivity index (χ1v) is 20.5. The summed E-state index contributed by atoms with van der Waals surface area (Å²) in [7, 11) is 0. The summed E-state index contributed by atoms with van der Waals surface area (Å²) in [6.07, 6.45) is 0. The number of rotatable bonds is 8. The van der Waals surface area contributed by atoms with E-state index in [4.69, 9.17) is 4.42 Å². The summed E-state index contributed by atoms with van der Waals surface area (Å²) < 4.78 is 6.38. The molecule has 0 fully saturated rings. The van der Waals surface area contributed by atoms with E-state index in [0.717, 1.165) is 50.1 Å². The molecule has 0 radical (unpaired) electrons. The summed E-state index contributed by atoms with van der Waals surface area (Å²) >= 11 is 0. The first kappa shape index (κ1) is 35.2. The summed E-state index contributed by atoms with van der Waals surface area (Å²) in [4.78, 5) is 2.39. The van der Waals surface area contributed by atoms with Gasteiger partial charge in [0.1, 0.15) is 11.2 Å². The molecule has 0 aliphatic rings. The topological polar surface area (TPSA) is 16.4 Å². The van der Waals surface area contributed by atoms with Gasteiger partial charge in [0.2, 0.25) is 0 Å². The van der Waals surface area contributed by atoms with Gasteiger partial charge in [-0.2, -0.15) is 0 Å². The fraction of sp³-hybridized carbons (Fsp3) is 0.